The normalized spacial score (nSPS) is 14.7. The first-order valence-corrected chi connectivity index (χ1v) is 9.53. The van der Waals surface area contributed by atoms with E-state index >= 15 is 0 Å². The fraction of sp³-hybridized carbons (Fsp3) is 0.0435. The average Bonchev–Trinajstić information content (AvgIpc) is 3.09. The molecule has 1 heterocycles. The molecule has 0 aromatic heterocycles. The van der Waals surface area contributed by atoms with Gasteiger partial charge in [0.1, 0.15) is 12.4 Å². The molecule has 0 aliphatic carbocycles. The number of benzene rings is 3. The molecule has 3 aromatic carbocycles. The van der Waals surface area contributed by atoms with Gasteiger partial charge in [0.2, 0.25) is 5.90 Å². The van der Waals surface area contributed by atoms with Crippen molar-refractivity contribution < 1.29 is 14.3 Å². The maximum Gasteiger partial charge on any atom is 0.363 e. The third-order valence-electron chi connectivity index (χ3n) is 4.19. The van der Waals surface area contributed by atoms with Gasteiger partial charge in [0, 0.05) is 21.2 Å². The summed E-state index contributed by atoms with van der Waals surface area (Å²) in [5.74, 6) is 0.504. The summed E-state index contributed by atoms with van der Waals surface area (Å²) in [4.78, 5) is 16.6. The Balaban J connectivity index is 1.59. The average molecular weight is 434 g/mol. The van der Waals surface area contributed by atoms with Gasteiger partial charge < -0.3 is 9.47 Å². The Morgan fingerprint density at radius 1 is 0.929 bits per heavy atom. The summed E-state index contributed by atoms with van der Waals surface area (Å²) in [6, 6.07) is 24.8. The predicted octanol–water partition coefficient (Wildman–Crippen LogP) is 5.37. The molecule has 5 heteroatoms. The van der Waals surface area contributed by atoms with Crippen LogP contribution in [0.15, 0.2) is 94.0 Å². The molecule has 4 nitrogen and oxygen atoms in total. The Kier molecular flexibility index (Phi) is 5.35. The zero-order valence-corrected chi connectivity index (χ0v) is 16.4. The van der Waals surface area contributed by atoms with Crippen LogP contribution in [-0.2, 0) is 16.1 Å². The molecule has 0 radical (unpaired) electrons. The summed E-state index contributed by atoms with van der Waals surface area (Å²) in [6.07, 6.45) is 1.69. The molecule has 0 fully saturated rings. The molecule has 4 rings (SSSR count). The van der Waals surface area contributed by atoms with Gasteiger partial charge in [-0.15, -0.1) is 0 Å². The Labute approximate surface area is 171 Å². The van der Waals surface area contributed by atoms with Gasteiger partial charge in [-0.2, -0.15) is 0 Å². The van der Waals surface area contributed by atoms with Crippen LogP contribution in [0.3, 0.4) is 0 Å². The van der Waals surface area contributed by atoms with Crippen molar-refractivity contribution in [2.45, 2.75) is 6.61 Å². The van der Waals surface area contributed by atoms with E-state index in [0.717, 1.165) is 21.2 Å². The molecule has 0 atom stereocenters. The van der Waals surface area contributed by atoms with Crippen LogP contribution in [0.4, 0.5) is 0 Å². The molecule has 3 aromatic rings. The third kappa shape index (κ3) is 4.05. The van der Waals surface area contributed by atoms with E-state index in [2.05, 4.69) is 20.9 Å². The van der Waals surface area contributed by atoms with Crippen molar-refractivity contribution in [1.29, 1.82) is 0 Å². The summed E-state index contributed by atoms with van der Waals surface area (Å²) in [6.45, 7) is 0.407. The first kappa shape index (κ1) is 18.2. The standard InChI is InChI=1S/C23H16BrNO3/c24-19-12-6-4-11-18(19)15-27-21-13-7-5-10-17(21)14-20-23(26)28-22(25-20)16-8-2-1-3-9-16/h1-14H,15H2. The molecule has 0 bridgehead atoms. The Morgan fingerprint density at radius 3 is 2.46 bits per heavy atom. The van der Waals surface area contributed by atoms with Crippen molar-refractivity contribution in [1.82, 2.24) is 0 Å². The van der Waals surface area contributed by atoms with Gasteiger partial charge in [-0.1, -0.05) is 70.5 Å². The maximum atomic E-state index is 12.2. The second-order valence-corrected chi connectivity index (χ2v) is 6.97. The molecule has 0 spiro atoms. The van der Waals surface area contributed by atoms with Gasteiger partial charge in [-0.3, -0.25) is 0 Å². The number of ether oxygens (including phenoxy) is 2. The lowest BCUT2D eigenvalue weighted by Gasteiger charge is -2.10. The second-order valence-electron chi connectivity index (χ2n) is 6.12. The number of rotatable bonds is 5. The minimum absolute atomic E-state index is 0.246. The SMILES string of the molecule is O=C1OC(c2ccccc2)=NC1=Cc1ccccc1OCc1ccccc1Br. The molecule has 0 amide bonds. The number of esters is 1. The molecular weight excluding hydrogens is 418 g/mol. The topological polar surface area (TPSA) is 47.9 Å². The number of hydrogen-bond acceptors (Lipinski definition) is 4. The summed E-state index contributed by atoms with van der Waals surface area (Å²) in [5.41, 5.74) is 2.81. The van der Waals surface area contributed by atoms with Crippen LogP contribution in [-0.4, -0.2) is 11.9 Å². The van der Waals surface area contributed by atoms with E-state index in [1.807, 2.05) is 78.9 Å². The molecule has 0 saturated heterocycles. The molecule has 0 unspecified atom stereocenters. The fourth-order valence-corrected chi connectivity index (χ4v) is 3.16. The lowest BCUT2D eigenvalue weighted by molar-refractivity contribution is -0.129. The van der Waals surface area contributed by atoms with Gasteiger partial charge in [0.25, 0.3) is 0 Å². The minimum Gasteiger partial charge on any atom is -0.488 e. The number of halogens is 1. The smallest absolute Gasteiger partial charge is 0.363 e. The largest absolute Gasteiger partial charge is 0.488 e. The highest BCUT2D eigenvalue weighted by molar-refractivity contribution is 9.10. The number of hydrogen-bond donors (Lipinski definition) is 0. The summed E-state index contributed by atoms with van der Waals surface area (Å²) < 4.78 is 12.3. The van der Waals surface area contributed by atoms with E-state index in [9.17, 15) is 4.79 Å². The molecule has 1 aliphatic rings. The second kappa shape index (κ2) is 8.23. The Hall–Kier alpha value is -3.18. The van der Waals surface area contributed by atoms with Crippen molar-refractivity contribution >= 4 is 33.9 Å². The maximum absolute atomic E-state index is 12.2. The van der Waals surface area contributed by atoms with Crippen LogP contribution in [0.1, 0.15) is 16.7 Å². The summed E-state index contributed by atoms with van der Waals surface area (Å²) >= 11 is 3.53. The van der Waals surface area contributed by atoms with E-state index in [0.29, 0.717) is 18.3 Å². The van der Waals surface area contributed by atoms with Crippen molar-refractivity contribution in [3.05, 3.63) is 106 Å². The molecule has 0 saturated carbocycles. The van der Waals surface area contributed by atoms with Gasteiger partial charge in [-0.25, -0.2) is 9.79 Å². The fourth-order valence-electron chi connectivity index (χ4n) is 2.76. The molecule has 138 valence electrons. The third-order valence-corrected chi connectivity index (χ3v) is 4.97. The highest BCUT2D eigenvalue weighted by Crippen LogP contribution is 2.26. The van der Waals surface area contributed by atoms with Crippen molar-refractivity contribution in [3.8, 4) is 5.75 Å². The number of para-hydroxylation sites is 1. The lowest BCUT2D eigenvalue weighted by Crippen LogP contribution is -2.05. The van der Waals surface area contributed by atoms with Crippen LogP contribution in [0.25, 0.3) is 6.08 Å². The first-order valence-electron chi connectivity index (χ1n) is 8.74. The zero-order chi connectivity index (χ0) is 19.3. The van der Waals surface area contributed by atoms with E-state index < -0.39 is 5.97 Å². The van der Waals surface area contributed by atoms with Gasteiger partial charge in [-0.05, 0) is 30.3 Å². The first-order chi connectivity index (χ1) is 13.7. The Bertz CT molecular complexity index is 1070. The van der Waals surface area contributed by atoms with Crippen molar-refractivity contribution in [2.24, 2.45) is 4.99 Å². The molecule has 1 aliphatic heterocycles. The summed E-state index contributed by atoms with van der Waals surface area (Å²) in [7, 11) is 0. The van der Waals surface area contributed by atoms with Crippen LogP contribution in [0, 0.1) is 0 Å². The summed E-state index contributed by atoms with van der Waals surface area (Å²) in [5, 5.41) is 0. The van der Waals surface area contributed by atoms with E-state index in [1.54, 1.807) is 6.08 Å². The van der Waals surface area contributed by atoms with E-state index in [1.165, 1.54) is 0 Å². The van der Waals surface area contributed by atoms with Crippen molar-refractivity contribution in [2.75, 3.05) is 0 Å². The predicted molar refractivity (Wildman–Crippen MR) is 112 cm³/mol. The van der Waals surface area contributed by atoms with Gasteiger partial charge in [0.05, 0.1) is 0 Å². The lowest BCUT2D eigenvalue weighted by atomic mass is 10.1. The minimum atomic E-state index is -0.473. The van der Waals surface area contributed by atoms with Crippen LogP contribution < -0.4 is 4.74 Å². The number of carbonyl (C=O) groups is 1. The number of aliphatic imine (C=N–C) groups is 1. The van der Waals surface area contributed by atoms with E-state index in [-0.39, 0.29) is 5.70 Å². The monoisotopic (exact) mass is 433 g/mol. The highest BCUT2D eigenvalue weighted by atomic mass is 79.9. The zero-order valence-electron chi connectivity index (χ0n) is 14.8. The van der Waals surface area contributed by atoms with Gasteiger partial charge in [0.15, 0.2) is 5.70 Å². The number of nitrogens with zero attached hydrogens (tertiary/aromatic N) is 1. The van der Waals surface area contributed by atoms with Crippen LogP contribution in [0.2, 0.25) is 0 Å². The van der Waals surface area contributed by atoms with E-state index in [4.69, 9.17) is 9.47 Å². The highest BCUT2D eigenvalue weighted by Gasteiger charge is 2.24. The quantitative estimate of drug-likeness (QED) is 0.401. The van der Waals surface area contributed by atoms with Crippen LogP contribution >= 0.6 is 15.9 Å². The molecule has 0 N–H and O–H groups in total. The molecule has 28 heavy (non-hydrogen) atoms. The van der Waals surface area contributed by atoms with Crippen LogP contribution in [0.5, 0.6) is 5.75 Å². The molecular formula is C23H16BrNO3. The van der Waals surface area contributed by atoms with Crippen molar-refractivity contribution in [3.63, 3.8) is 0 Å². The Morgan fingerprint density at radius 2 is 1.64 bits per heavy atom. The van der Waals surface area contributed by atoms with Gasteiger partial charge >= 0.3 is 5.97 Å². The number of cyclic esters (lactones) is 1. The number of carbonyl (C=O) groups excluding carboxylic acids is 1.